The van der Waals surface area contributed by atoms with Gasteiger partial charge in [0.15, 0.2) is 0 Å². The smallest absolute Gasteiger partial charge is 0.0994 e. The Kier molecular flexibility index (Phi) is 4.02. The highest BCUT2D eigenvalue weighted by molar-refractivity contribution is 5.40. The van der Waals surface area contributed by atoms with Crippen LogP contribution in [0, 0.1) is 32.1 Å². The average molecular weight is 249 g/mol. The van der Waals surface area contributed by atoms with Crippen LogP contribution in [-0.2, 0) is 12.8 Å². The maximum absolute atomic E-state index is 9.06. The molecule has 0 N–H and O–H groups in total. The number of hydrogen-bond donors (Lipinski definition) is 0. The highest BCUT2D eigenvalue weighted by Gasteiger charge is 2.03. The first kappa shape index (κ1) is 13.4. The Morgan fingerprint density at radius 2 is 1.63 bits per heavy atom. The molecule has 1 heteroatoms. The fraction of sp³-hybridized carbons (Fsp3) is 0.278. The molecule has 0 spiro atoms. The number of aryl methyl sites for hydroxylation is 5. The number of nitriles is 1. The lowest BCUT2D eigenvalue weighted by Gasteiger charge is -2.08. The number of nitrogens with zero attached hydrogens (tertiary/aromatic N) is 1. The van der Waals surface area contributed by atoms with Crippen molar-refractivity contribution in [2.75, 3.05) is 0 Å². The van der Waals surface area contributed by atoms with Crippen LogP contribution < -0.4 is 0 Å². The molecule has 2 aromatic rings. The second kappa shape index (κ2) is 5.71. The molecule has 19 heavy (non-hydrogen) atoms. The van der Waals surface area contributed by atoms with Crippen molar-refractivity contribution in [3.63, 3.8) is 0 Å². The van der Waals surface area contributed by atoms with E-state index in [0.717, 1.165) is 24.0 Å². The van der Waals surface area contributed by atoms with E-state index < -0.39 is 0 Å². The lowest BCUT2D eigenvalue weighted by molar-refractivity contribution is 0.945. The highest BCUT2D eigenvalue weighted by Crippen LogP contribution is 2.16. The van der Waals surface area contributed by atoms with Gasteiger partial charge in [-0.25, -0.2) is 0 Å². The van der Waals surface area contributed by atoms with Crippen molar-refractivity contribution in [2.45, 2.75) is 33.6 Å². The monoisotopic (exact) mass is 249 g/mol. The highest BCUT2D eigenvalue weighted by atomic mass is 14.2. The first-order valence-electron chi connectivity index (χ1n) is 6.66. The minimum absolute atomic E-state index is 0.790. The van der Waals surface area contributed by atoms with Crippen LogP contribution in [-0.4, -0.2) is 0 Å². The SMILES string of the molecule is Cc1ccc(C)c(CCc2ccc(C)c(C#N)c2)c1. The molecule has 0 fully saturated rings. The van der Waals surface area contributed by atoms with Crippen LogP contribution in [0.3, 0.4) is 0 Å². The van der Waals surface area contributed by atoms with Crippen LogP contribution >= 0.6 is 0 Å². The van der Waals surface area contributed by atoms with Crippen molar-refractivity contribution in [3.8, 4) is 6.07 Å². The van der Waals surface area contributed by atoms with Crippen molar-refractivity contribution >= 4 is 0 Å². The van der Waals surface area contributed by atoms with Crippen molar-refractivity contribution in [2.24, 2.45) is 0 Å². The van der Waals surface area contributed by atoms with Gasteiger partial charge in [-0.05, 0) is 61.9 Å². The van der Waals surface area contributed by atoms with Crippen molar-refractivity contribution in [3.05, 3.63) is 69.8 Å². The van der Waals surface area contributed by atoms with Crippen molar-refractivity contribution in [1.82, 2.24) is 0 Å². The summed E-state index contributed by atoms with van der Waals surface area (Å²) in [5.74, 6) is 0. The Bertz CT molecular complexity index is 633. The molecule has 0 saturated carbocycles. The zero-order valence-corrected chi connectivity index (χ0v) is 11.8. The number of benzene rings is 2. The fourth-order valence-corrected chi connectivity index (χ4v) is 2.29. The summed E-state index contributed by atoms with van der Waals surface area (Å²) in [5.41, 5.74) is 7.14. The van der Waals surface area contributed by atoms with E-state index in [1.807, 2.05) is 19.1 Å². The van der Waals surface area contributed by atoms with Crippen LogP contribution in [0.2, 0.25) is 0 Å². The molecule has 2 aromatic carbocycles. The molecule has 0 unspecified atom stereocenters. The molecule has 0 aromatic heterocycles. The van der Waals surface area contributed by atoms with Crippen LogP contribution in [0.1, 0.15) is 33.4 Å². The van der Waals surface area contributed by atoms with E-state index in [1.54, 1.807) is 0 Å². The molecular formula is C18H19N. The Hall–Kier alpha value is -2.07. The molecule has 0 saturated heterocycles. The van der Waals surface area contributed by atoms with E-state index in [1.165, 1.54) is 22.3 Å². The van der Waals surface area contributed by atoms with Crippen LogP contribution in [0.5, 0.6) is 0 Å². The Morgan fingerprint density at radius 3 is 2.37 bits per heavy atom. The molecule has 0 radical (unpaired) electrons. The first-order valence-corrected chi connectivity index (χ1v) is 6.66. The van der Waals surface area contributed by atoms with Crippen molar-refractivity contribution in [1.29, 1.82) is 5.26 Å². The maximum atomic E-state index is 9.06. The van der Waals surface area contributed by atoms with Gasteiger partial charge < -0.3 is 0 Å². The van der Waals surface area contributed by atoms with E-state index in [0.29, 0.717) is 0 Å². The first-order chi connectivity index (χ1) is 9.10. The predicted molar refractivity (Wildman–Crippen MR) is 79.2 cm³/mol. The van der Waals surface area contributed by atoms with Crippen LogP contribution in [0.15, 0.2) is 36.4 Å². The third kappa shape index (κ3) is 3.23. The normalized spacial score (nSPS) is 10.2. The van der Waals surface area contributed by atoms with Gasteiger partial charge in [-0.15, -0.1) is 0 Å². The molecule has 96 valence electrons. The van der Waals surface area contributed by atoms with E-state index in [4.69, 9.17) is 5.26 Å². The molecule has 0 atom stereocenters. The summed E-state index contributed by atoms with van der Waals surface area (Å²) in [4.78, 5) is 0. The summed E-state index contributed by atoms with van der Waals surface area (Å²) < 4.78 is 0. The quantitative estimate of drug-likeness (QED) is 0.797. The van der Waals surface area contributed by atoms with Gasteiger partial charge in [-0.1, -0.05) is 35.9 Å². The lowest BCUT2D eigenvalue weighted by atomic mass is 9.97. The second-order valence-corrected chi connectivity index (χ2v) is 5.19. The molecule has 0 heterocycles. The Morgan fingerprint density at radius 1 is 0.895 bits per heavy atom. The van der Waals surface area contributed by atoms with Gasteiger partial charge >= 0.3 is 0 Å². The second-order valence-electron chi connectivity index (χ2n) is 5.19. The predicted octanol–water partition coefficient (Wildman–Crippen LogP) is 4.27. The number of rotatable bonds is 3. The van der Waals surface area contributed by atoms with E-state index in [2.05, 4.69) is 44.2 Å². The molecule has 0 bridgehead atoms. The number of hydrogen-bond acceptors (Lipinski definition) is 1. The molecule has 0 aliphatic heterocycles. The molecule has 0 aliphatic carbocycles. The van der Waals surface area contributed by atoms with Gasteiger partial charge in [0.25, 0.3) is 0 Å². The molecule has 1 nitrogen and oxygen atoms in total. The summed E-state index contributed by atoms with van der Waals surface area (Å²) >= 11 is 0. The zero-order chi connectivity index (χ0) is 13.8. The Balaban J connectivity index is 2.15. The standard InChI is InChI=1S/C18H19N/c1-13-4-5-14(2)17(10-13)9-8-16-7-6-15(3)18(11-16)12-19/h4-7,10-11H,8-9H2,1-3H3. The van der Waals surface area contributed by atoms with Crippen molar-refractivity contribution < 1.29 is 0 Å². The van der Waals surface area contributed by atoms with Gasteiger partial charge in [0, 0.05) is 0 Å². The fourth-order valence-electron chi connectivity index (χ4n) is 2.29. The van der Waals surface area contributed by atoms with Gasteiger partial charge in [-0.3, -0.25) is 0 Å². The van der Waals surface area contributed by atoms with Gasteiger partial charge in [0.1, 0.15) is 0 Å². The average Bonchev–Trinajstić information content (AvgIpc) is 2.41. The summed E-state index contributed by atoms with van der Waals surface area (Å²) in [6, 6.07) is 15.0. The lowest BCUT2D eigenvalue weighted by Crippen LogP contribution is -1.96. The van der Waals surface area contributed by atoms with Gasteiger partial charge in [0.05, 0.1) is 11.6 Å². The third-order valence-electron chi connectivity index (χ3n) is 3.61. The van der Waals surface area contributed by atoms with Crippen LogP contribution in [0.4, 0.5) is 0 Å². The van der Waals surface area contributed by atoms with Crippen LogP contribution in [0.25, 0.3) is 0 Å². The molecule has 0 aliphatic rings. The molecule has 2 rings (SSSR count). The van der Waals surface area contributed by atoms with Gasteiger partial charge in [0.2, 0.25) is 0 Å². The van der Waals surface area contributed by atoms with E-state index >= 15 is 0 Å². The molecular weight excluding hydrogens is 230 g/mol. The minimum atomic E-state index is 0.790. The minimum Gasteiger partial charge on any atom is -0.192 e. The third-order valence-corrected chi connectivity index (χ3v) is 3.61. The largest absolute Gasteiger partial charge is 0.192 e. The summed E-state index contributed by atoms with van der Waals surface area (Å²) in [7, 11) is 0. The van der Waals surface area contributed by atoms with E-state index in [-0.39, 0.29) is 0 Å². The summed E-state index contributed by atoms with van der Waals surface area (Å²) in [6.07, 6.45) is 2.01. The summed E-state index contributed by atoms with van der Waals surface area (Å²) in [6.45, 7) is 6.26. The maximum Gasteiger partial charge on any atom is 0.0994 e. The van der Waals surface area contributed by atoms with E-state index in [9.17, 15) is 0 Å². The Labute approximate surface area is 115 Å². The topological polar surface area (TPSA) is 23.8 Å². The zero-order valence-electron chi connectivity index (χ0n) is 11.8. The van der Waals surface area contributed by atoms with Gasteiger partial charge in [-0.2, -0.15) is 5.26 Å². The summed E-state index contributed by atoms with van der Waals surface area (Å²) in [5, 5.41) is 9.06. The molecule has 0 amide bonds.